The van der Waals surface area contributed by atoms with Crippen LogP contribution in [-0.2, 0) is 0 Å². The van der Waals surface area contributed by atoms with E-state index >= 15 is 0 Å². The van der Waals surface area contributed by atoms with Gasteiger partial charge in [-0.05, 0) is 44.4 Å². The predicted molar refractivity (Wildman–Crippen MR) is 73.1 cm³/mol. The van der Waals surface area contributed by atoms with Gasteiger partial charge in [0.15, 0.2) is 5.17 Å². The minimum absolute atomic E-state index is 0.492. The van der Waals surface area contributed by atoms with Gasteiger partial charge in [-0.15, -0.1) is 0 Å². The van der Waals surface area contributed by atoms with Crippen molar-refractivity contribution in [3.8, 4) is 0 Å². The second-order valence-electron chi connectivity index (χ2n) is 5.56. The average Bonchev–Trinajstić information content (AvgIpc) is 2.27. The van der Waals surface area contributed by atoms with Crippen molar-refractivity contribution >= 4 is 16.9 Å². The number of hydrogen-bond acceptors (Lipinski definition) is 3. The molecule has 1 aliphatic heterocycles. The summed E-state index contributed by atoms with van der Waals surface area (Å²) in [6, 6.07) is 1.18. The van der Waals surface area contributed by atoms with E-state index in [-0.39, 0.29) is 0 Å². The molecule has 0 aromatic carbocycles. The Hall–Kier alpha value is -0.180. The molecule has 3 heteroatoms. The molecule has 2 nitrogen and oxygen atoms in total. The summed E-state index contributed by atoms with van der Waals surface area (Å²) in [6.45, 7) is 6.89. The van der Waals surface area contributed by atoms with E-state index in [1.807, 2.05) is 11.8 Å². The monoisotopic (exact) mass is 240 g/mol. The Bertz CT molecular complexity index is 257. The molecule has 2 aliphatic rings. The third kappa shape index (κ3) is 3.16. The molecule has 0 aromatic heterocycles. The molecule has 0 aromatic rings. The fourth-order valence-corrected chi connectivity index (χ4v) is 3.55. The Balaban J connectivity index is 1.83. The van der Waals surface area contributed by atoms with Gasteiger partial charge in [-0.25, -0.2) is 0 Å². The third-order valence-electron chi connectivity index (χ3n) is 3.97. The van der Waals surface area contributed by atoms with Crippen LogP contribution in [0.15, 0.2) is 4.99 Å². The molecule has 0 spiro atoms. The second kappa shape index (κ2) is 5.44. The Morgan fingerprint density at radius 3 is 2.44 bits per heavy atom. The maximum atomic E-state index is 4.74. The molecule has 1 fully saturated rings. The summed E-state index contributed by atoms with van der Waals surface area (Å²) in [5.74, 6) is 2.87. The molecule has 16 heavy (non-hydrogen) atoms. The fraction of sp³-hybridized carbons (Fsp3) is 0.923. The average molecular weight is 240 g/mol. The van der Waals surface area contributed by atoms with Crippen molar-refractivity contribution < 1.29 is 0 Å². The van der Waals surface area contributed by atoms with E-state index in [0.29, 0.717) is 12.1 Å². The molecule has 1 aliphatic carbocycles. The number of thioether (sulfide) groups is 1. The Labute approximate surface area is 104 Å². The first-order chi connectivity index (χ1) is 7.65. The van der Waals surface area contributed by atoms with Gasteiger partial charge in [0.1, 0.15) is 0 Å². The van der Waals surface area contributed by atoms with Crippen LogP contribution in [0.5, 0.6) is 0 Å². The number of nitrogens with zero attached hydrogens (tertiary/aromatic N) is 1. The van der Waals surface area contributed by atoms with Crippen LogP contribution in [0.1, 0.15) is 46.5 Å². The molecular weight excluding hydrogens is 216 g/mol. The fourth-order valence-electron chi connectivity index (χ4n) is 2.36. The zero-order valence-electron chi connectivity index (χ0n) is 10.7. The molecule has 0 saturated heterocycles. The third-order valence-corrected chi connectivity index (χ3v) is 5.16. The van der Waals surface area contributed by atoms with E-state index in [4.69, 9.17) is 4.99 Å². The Morgan fingerprint density at radius 2 is 1.81 bits per heavy atom. The lowest BCUT2D eigenvalue weighted by Crippen LogP contribution is -2.39. The molecule has 92 valence electrons. The second-order valence-corrected chi connectivity index (χ2v) is 6.57. The quantitative estimate of drug-likeness (QED) is 0.760. The van der Waals surface area contributed by atoms with Crippen LogP contribution < -0.4 is 5.32 Å². The molecule has 2 unspecified atom stereocenters. The summed E-state index contributed by atoms with van der Waals surface area (Å²) in [5.41, 5.74) is 0. The Kier molecular flexibility index (Phi) is 4.17. The maximum absolute atomic E-state index is 4.74. The van der Waals surface area contributed by atoms with Crippen LogP contribution >= 0.6 is 11.8 Å². The van der Waals surface area contributed by atoms with Gasteiger partial charge in [-0.2, -0.15) is 0 Å². The van der Waals surface area contributed by atoms with E-state index in [1.165, 1.54) is 36.6 Å². The number of rotatable bonds is 1. The van der Waals surface area contributed by atoms with Gasteiger partial charge >= 0.3 is 0 Å². The first-order valence-corrected chi connectivity index (χ1v) is 7.61. The lowest BCUT2D eigenvalue weighted by Gasteiger charge is -2.30. The van der Waals surface area contributed by atoms with Gasteiger partial charge in [0.25, 0.3) is 0 Å². The zero-order chi connectivity index (χ0) is 11.5. The van der Waals surface area contributed by atoms with E-state index < -0.39 is 0 Å². The molecule has 0 radical (unpaired) electrons. The van der Waals surface area contributed by atoms with E-state index in [2.05, 4.69) is 26.1 Å². The molecular formula is C13H24N2S. The summed E-state index contributed by atoms with van der Waals surface area (Å²) in [4.78, 5) is 4.74. The summed E-state index contributed by atoms with van der Waals surface area (Å²) in [7, 11) is 0. The van der Waals surface area contributed by atoms with Crippen LogP contribution in [0.2, 0.25) is 0 Å². The summed E-state index contributed by atoms with van der Waals surface area (Å²) >= 11 is 1.91. The number of aliphatic imine (C=N–C) groups is 1. The van der Waals surface area contributed by atoms with Crippen molar-refractivity contribution in [2.24, 2.45) is 16.8 Å². The maximum Gasteiger partial charge on any atom is 0.157 e. The van der Waals surface area contributed by atoms with Crippen molar-refractivity contribution in [2.75, 3.05) is 5.75 Å². The van der Waals surface area contributed by atoms with Crippen LogP contribution in [0.3, 0.4) is 0 Å². The van der Waals surface area contributed by atoms with Crippen LogP contribution in [-0.4, -0.2) is 23.0 Å². The zero-order valence-corrected chi connectivity index (χ0v) is 11.5. The van der Waals surface area contributed by atoms with Crippen molar-refractivity contribution in [3.05, 3.63) is 0 Å². The minimum atomic E-state index is 0.492. The summed E-state index contributed by atoms with van der Waals surface area (Å²) in [5, 5.41) is 4.84. The molecule has 1 heterocycles. The Morgan fingerprint density at radius 1 is 1.12 bits per heavy atom. The van der Waals surface area contributed by atoms with Gasteiger partial charge in [0.05, 0.1) is 6.04 Å². The largest absolute Gasteiger partial charge is 0.362 e. The predicted octanol–water partition coefficient (Wildman–Crippen LogP) is 3.28. The van der Waals surface area contributed by atoms with E-state index in [0.717, 1.165) is 11.8 Å². The van der Waals surface area contributed by atoms with Crippen molar-refractivity contribution in [1.82, 2.24) is 5.32 Å². The molecule has 1 saturated carbocycles. The molecule has 2 atom stereocenters. The lowest BCUT2D eigenvalue weighted by atomic mass is 9.87. The first-order valence-electron chi connectivity index (χ1n) is 6.62. The standard InChI is InChI=1S/C13H24N2S/c1-9-4-6-12(7-5-9)15-13-14-11(3)10(2)8-16-13/h9-12H,4-8H2,1-3H3,(H,14,15). The number of amidine groups is 1. The molecule has 1 N–H and O–H groups in total. The van der Waals surface area contributed by atoms with Crippen LogP contribution in [0, 0.1) is 11.8 Å². The summed E-state index contributed by atoms with van der Waals surface area (Å²) in [6.07, 6.45) is 5.40. The van der Waals surface area contributed by atoms with Crippen molar-refractivity contribution in [2.45, 2.75) is 58.5 Å². The molecule has 0 bridgehead atoms. The number of nitrogens with one attached hydrogen (secondary N) is 1. The molecule has 2 rings (SSSR count). The van der Waals surface area contributed by atoms with Gasteiger partial charge in [-0.1, -0.05) is 25.6 Å². The van der Waals surface area contributed by atoms with Crippen LogP contribution in [0.4, 0.5) is 0 Å². The number of hydrogen-bond donors (Lipinski definition) is 1. The SMILES string of the molecule is CC1CCC(NC2=NC(C)C(C)CS2)CC1. The van der Waals surface area contributed by atoms with E-state index in [9.17, 15) is 0 Å². The lowest BCUT2D eigenvalue weighted by molar-refractivity contribution is 0.331. The van der Waals surface area contributed by atoms with Crippen LogP contribution in [0.25, 0.3) is 0 Å². The van der Waals surface area contributed by atoms with Gasteiger partial charge in [-0.3, -0.25) is 4.99 Å². The highest BCUT2D eigenvalue weighted by molar-refractivity contribution is 8.13. The van der Waals surface area contributed by atoms with Crippen molar-refractivity contribution in [3.63, 3.8) is 0 Å². The summed E-state index contributed by atoms with van der Waals surface area (Å²) < 4.78 is 0. The highest BCUT2D eigenvalue weighted by atomic mass is 32.2. The normalized spacial score (nSPS) is 40.3. The molecule has 0 amide bonds. The first kappa shape index (κ1) is 12.3. The minimum Gasteiger partial charge on any atom is -0.362 e. The van der Waals surface area contributed by atoms with Gasteiger partial charge in [0, 0.05) is 11.8 Å². The van der Waals surface area contributed by atoms with Gasteiger partial charge in [0.2, 0.25) is 0 Å². The van der Waals surface area contributed by atoms with Crippen molar-refractivity contribution in [1.29, 1.82) is 0 Å². The highest BCUT2D eigenvalue weighted by Gasteiger charge is 2.23. The van der Waals surface area contributed by atoms with E-state index in [1.54, 1.807) is 0 Å². The smallest absolute Gasteiger partial charge is 0.157 e. The highest BCUT2D eigenvalue weighted by Crippen LogP contribution is 2.26. The topological polar surface area (TPSA) is 24.4 Å². The van der Waals surface area contributed by atoms with Gasteiger partial charge < -0.3 is 5.32 Å².